The summed E-state index contributed by atoms with van der Waals surface area (Å²) < 4.78 is 0. The van der Waals surface area contributed by atoms with Crippen molar-refractivity contribution in [3.63, 3.8) is 0 Å². The van der Waals surface area contributed by atoms with Crippen LogP contribution in [-0.2, 0) is 5.41 Å². The largest absolute Gasteiger partial charge is 0.477 e. The van der Waals surface area contributed by atoms with Crippen molar-refractivity contribution in [3.05, 3.63) is 10.6 Å². The van der Waals surface area contributed by atoms with Crippen molar-refractivity contribution in [2.45, 2.75) is 39.5 Å². The van der Waals surface area contributed by atoms with Crippen LogP contribution in [0, 0.1) is 0 Å². The summed E-state index contributed by atoms with van der Waals surface area (Å²) in [5.74, 6) is -0.881. The van der Waals surface area contributed by atoms with Gasteiger partial charge in [0, 0.05) is 18.5 Å². The number of hydrogen-bond donors (Lipinski definition) is 1. The van der Waals surface area contributed by atoms with Crippen LogP contribution in [0.5, 0.6) is 0 Å². The first-order chi connectivity index (χ1) is 9.66. The van der Waals surface area contributed by atoms with E-state index in [0.717, 1.165) is 31.2 Å². The van der Waals surface area contributed by atoms with Gasteiger partial charge >= 0.3 is 5.97 Å². The molecule has 21 heavy (non-hydrogen) atoms. The number of carbonyl (C=O) groups is 1. The third kappa shape index (κ3) is 4.97. The van der Waals surface area contributed by atoms with Crippen LogP contribution < -0.4 is 4.90 Å². The van der Waals surface area contributed by atoms with Gasteiger partial charge in [0.2, 0.25) is 0 Å². The molecule has 120 valence electrons. The molecule has 0 atom stereocenters. The molecule has 1 rings (SSSR count). The van der Waals surface area contributed by atoms with Gasteiger partial charge in [-0.1, -0.05) is 32.1 Å². The molecular formula is C15H27N3O2S. The first-order valence-corrected chi connectivity index (χ1v) is 8.12. The minimum atomic E-state index is -0.881. The van der Waals surface area contributed by atoms with Crippen molar-refractivity contribution in [3.8, 4) is 0 Å². The lowest BCUT2D eigenvalue weighted by atomic mass is 9.91. The molecule has 0 aliphatic carbocycles. The van der Waals surface area contributed by atoms with Gasteiger partial charge in [-0.25, -0.2) is 9.78 Å². The van der Waals surface area contributed by atoms with E-state index < -0.39 is 5.97 Å². The molecule has 0 bridgehead atoms. The topological polar surface area (TPSA) is 56.7 Å². The Morgan fingerprint density at radius 3 is 2.29 bits per heavy atom. The lowest BCUT2D eigenvalue weighted by Gasteiger charge is -2.21. The number of aromatic nitrogens is 1. The van der Waals surface area contributed by atoms with Crippen molar-refractivity contribution >= 4 is 22.4 Å². The number of rotatable bonds is 7. The van der Waals surface area contributed by atoms with Crippen LogP contribution in [0.4, 0.5) is 5.13 Å². The van der Waals surface area contributed by atoms with E-state index in [4.69, 9.17) is 0 Å². The molecule has 0 aliphatic heterocycles. The van der Waals surface area contributed by atoms with E-state index >= 15 is 0 Å². The first kappa shape index (κ1) is 17.9. The second kappa shape index (κ2) is 7.22. The Morgan fingerprint density at radius 2 is 1.90 bits per heavy atom. The zero-order valence-electron chi connectivity index (χ0n) is 13.9. The molecule has 0 saturated heterocycles. The summed E-state index contributed by atoms with van der Waals surface area (Å²) in [6.45, 7) is 10.8. The van der Waals surface area contributed by atoms with E-state index in [1.165, 1.54) is 11.3 Å². The average molecular weight is 313 g/mol. The fraction of sp³-hybridized carbons (Fsp3) is 0.733. The van der Waals surface area contributed by atoms with Crippen molar-refractivity contribution < 1.29 is 9.90 Å². The normalized spacial score (nSPS) is 12.0. The molecule has 0 spiro atoms. The van der Waals surface area contributed by atoms with Crippen molar-refractivity contribution in [1.82, 2.24) is 9.88 Å². The van der Waals surface area contributed by atoms with Crippen LogP contribution in [0.3, 0.4) is 0 Å². The molecule has 0 saturated carbocycles. The predicted octanol–water partition coefficient (Wildman–Crippen LogP) is 2.92. The second-order valence-electron chi connectivity index (χ2n) is 6.47. The molecule has 1 aromatic rings. The number of carboxylic acids is 1. The Labute approximate surface area is 131 Å². The van der Waals surface area contributed by atoms with Crippen LogP contribution in [0.2, 0.25) is 0 Å². The van der Waals surface area contributed by atoms with Gasteiger partial charge in [-0.05, 0) is 34.0 Å². The fourth-order valence-electron chi connectivity index (χ4n) is 2.06. The van der Waals surface area contributed by atoms with E-state index in [1.807, 2.05) is 20.8 Å². The Kier molecular flexibility index (Phi) is 6.16. The van der Waals surface area contributed by atoms with E-state index in [9.17, 15) is 9.90 Å². The van der Waals surface area contributed by atoms with E-state index in [0.29, 0.717) is 10.6 Å². The van der Waals surface area contributed by atoms with Crippen molar-refractivity contribution in [1.29, 1.82) is 0 Å². The smallest absolute Gasteiger partial charge is 0.347 e. The lowest BCUT2D eigenvalue weighted by molar-refractivity contribution is 0.0699. The SMILES string of the molecule is CCN(CCCN(C)C)c1nc(C(C)(C)C)c(C(=O)O)s1. The number of aromatic carboxylic acids is 1. The zero-order chi connectivity index (χ0) is 16.2. The van der Waals surface area contributed by atoms with Crippen LogP contribution >= 0.6 is 11.3 Å². The van der Waals surface area contributed by atoms with Gasteiger partial charge in [-0.3, -0.25) is 0 Å². The minimum absolute atomic E-state index is 0.258. The summed E-state index contributed by atoms with van der Waals surface area (Å²) in [6, 6.07) is 0. The van der Waals surface area contributed by atoms with Crippen molar-refractivity contribution in [2.75, 3.05) is 38.6 Å². The fourth-order valence-corrected chi connectivity index (χ4v) is 3.27. The maximum absolute atomic E-state index is 11.4. The molecule has 0 unspecified atom stereocenters. The predicted molar refractivity (Wildman–Crippen MR) is 88.8 cm³/mol. The highest BCUT2D eigenvalue weighted by molar-refractivity contribution is 7.17. The molecule has 5 nitrogen and oxygen atoms in total. The first-order valence-electron chi connectivity index (χ1n) is 7.31. The number of nitrogens with zero attached hydrogens (tertiary/aromatic N) is 3. The molecule has 0 aliphatic rings. The molecule has 0 radical (unpaired) electrons. The summed E-state index contributed by atoms with van der Waals surface area (Å²) in [5.41, 5.74) is 0.423. The van der Waals surface area contributed by atoms with Gasteiger partial charge in [0.25, 0.3) is 0 Å². The summed E-state index contributed by atoms with van der Waals surface area (Å²) >= 11 is 1.29. The molecule has 0 fully saturated rings. The maximum Gasteiger partial charge on any atom is 0.347 e. The standard InChI is InChI=1S/C15H27N3O2S/c1-7-18(10-8-9-17(5)6)14-16-12(15(2,3)4)11(21-14)13(19)20/h7-10H2,1-6H3,(H,19,20). The molecule has 1 heterocycles. The Hall–Kier alpha value is -1.14. The molecule has 0 amide bonds. The highest BCUT2D eigenvalue weighted by Gasteiger charge is 2.28. The third-order valence-electron chi connectivity index (χ3n) is 3.21. The third-order valence-corrected chi connectivity index (χ3v) is 4.31. The van der Waals surface area contributed by atoms with Crippen LogP contribution in [0.25, 0.3) is 0 Å². The monoisotopic (exact) mass is 313 g/mol. The maximum atomic E-state index is 11.4. The Balaban J connectivity index is 2.97. The highest BCUT2D eigenvalue weighted by atomic mass is 32.1. The Morgan fingerprint density at radius 1 is 1.29 bits per heavy atom. The van der Waals surface area contributed by atoms with Gasteiger partial charge < -0.3 is 14.9 Å². The van der Waals surface area contributed by atoms with E-state index in [2.05, 4.69) is 35.8 Å². The summed E-state index contributed by atoms with van der Waals surface area (Å²) in [7, 11) is 4.11. The van der Waals surface area contributed by atoms with Crippen molar-refractivity contribution in [2.24, 2.45) is 0 Å². The molecule has 1 aromatic heterocycles. The second-order valence-corrected chi connectivity index (χ2v) is 7.44. The number of hydrogen-bond acceptors (Lipinski definition) is 5. The van der Waals surface area contributed by atoms with E-state index in [1.54, 1.807) is 0 Å². The molecule has 6 heteroatoms. The Bertz CT molecular complexity index is 478. The van der Waals surface area contributed by atoms with Crippen LogP contribution in [-0.4, -0.2) is 54.7 Å². The number of anilines is 1. The molecule has 0 aromatic carbocycles. The van der Waals surface area contributed by atoms with Gasteiger partial charge in [-0.15, -0.1) is 0 Å². The summed E-state index contributed by atoms with van der Waals surface area (Å²) in [6.07, 6.45) is 1.04. The van der Waals surface area contributed by atoms with Gasteiger partial charge in [0.1, 0.15) is 4.88 Å². The molecular weight excluding hydrogens is 286 g/mol. The van der Waals surface area contributed by atoms with Gasteiger partial charge in [0.05, 0.1) is 5.69 Å². The minimum Gasteiger partial charge on any atom is -0.477 e. The summed E-state index contributed by atoms with van der Waals surface area (Å²) in [4.78, 5) is 20.7. The number of carboxylic acid groups (broad SMARTS) is 1. The summed E-state index contributed by atoms with van der Waals surface area (Å²) in [5, 5.41) is 10.2. The quantitative estimate of drug-likeness (QED) is 0.839. The number of thiazole rings is 1. The van der Waals surface area contributed by atoms with Gasteiger partial charge in [-0.2, -0.15) is 0 Å². The van der Waals surface area contributed by atoms with Crippen LogP contribution in [0.15, 0.2) is 0 Å². The van der Waals surface area contributed by atoms with Crippen LogP contribution in [0.1, 0.15) is 49.5 Å². The lowest BCUT2D eigenvalue weighted by Crippen LogP contribution is -2.27. The average Bonchev–Trinajstić information content (AvgIpc) is 2.79. The van der Waals surface area contributed by atoms with Gasteiger partial charge in [0.15, 0.2) is 5.13 Å². The van der Waals surface area contributed by atoms with E-state index in [-0.39, 0.29) is 5.41 Å². The highest BCUT2D eigenvalue weighted by Crippen LogP contribution is 2.33. The zero-order valence-corrected chi connectivity index (χ0v) is 14.8. The molecule has 1 N–H and O–H groups in total.